The van der Waals surface area contributed by atoms with Crippen LogP contribution in [0.25, 0.3) is 26.6 Å². The second-order valence-electron chi connectivity index (χ2n) is 6.23. The monoisotopic (exact) mass is 402 g/mol. The van der Waals surface area contributed by atoms with Gasteiger partial charge in [-0.15, -0.1) is 0 Å². The van der Waals surface area contributed by atoms with Crippen molar-refractivity contribution in [2.45, 2.75) is 13.1 Å². The van der Waals surface area contributed by atoms with E-state index in [0.29, 0.717) is 10.6 Å². The average Bonchev–Trinajstić information content (AvgIpc) is 3.21. The minimum atomic E-state index is -4.51. The summed E-state index contributed by atoms with van der Waals surface area (Å²) >= 11 is 1.28. The molecule has 0 atom stereocenters. The molecule has 0 unspecified atom stereocenters. The fourth-order valence-corrected chi connectivity index (χ4v) is 3.93. The SMILES string of the molecule is Cc1ccc2nc(-n3[nH]c(-c4cccc(C(F)(F)F)c4)c(C=N)c3=O)sc2c1. The van der Waals surface area contributed by atoms with Gasteiger partial charge in [-0.3, -0.25) is 9.89 Å². The first-order valence-electron chi connectivity index (χ1n) is 8.18. The average molecular weight is 402 g/mol. The highest BCUT2D eigenvalue weighted by atomic mass is 32.1. The van der Waals surface area contributed by atoms with E-state index in [-0.39, 0.29) is 16.8 Å². The summed E-state index contributed by atoms with van der Waals surface area (Å²) in [7, 11) is 0. The molecule has 2 N–H and O–H groups in total. The molecule has 0 saturated heterocycles. The van der Waals surface area contributed by atoms with Gasteiger partial charge >= 0.3 is 6.18 Å². The Hall–Kier alpha value is -3.20. The number of halogens is 3. The van der Waals surface area contributed by atoms with Crippen LogP contribution in [0.3, 0.4) is 0 Å². The number of alkyl halides is 3. The van der Waals surface area contributed by atoms with Gasteiger partial charge in [0.05, 0.1) is 27.0 Å². The number of H-pyrrole nitrogens is 1. The van der Waals surface area contributed by atoms with E-state index in [2.05, 4.69) is 10.1 Å². The van der Waals surface area contributed by atoms with E-state index in [0.717, 1.165) is 33.3 Å². The van der Waals surface area contributed by atoms with Crippen LogP contribution in [0.2, 0.25) is 0 Å². The Balaban J connectivity index is 1.89. The van der Waals surface area contributed by atoms with Crippen LogP contribution in [0.5, 0.6) is 0 Å². The highest BCUT2D eigenvalue weighted by Gasteiger charge is 2.31. The lowest BCUT2D eigenvalue weighted by Gasteiger charge is -2.08. The number of hydrogen-bond acceptors (Lipinski definition) is 4. The molecule has 4 aromatic rings. The third kappa shape index (κ3) is 3.03. The van der Waals surface area contributed by atoms with Crippen LogP contribution in [-0.2, 0) is 6.18 Å². The van der Waals surface area contributed by atoms with Crippen LogP contribution in [0, 0.1) is 12.3 Å². The van der Waals surface area contributed by atoms with Crippen molar-refractivity contribution in [2.75, 3.05) is 0 Å². The summed E-state index contributed by atoms with van der Waals surface area (Å²) in [5, 5.41) is 10.7. The van der Waals surface area contributed by atoms with Gasteiger partial charge in [-0.25, -0.2) is 4.98 Å². The van der Waals surface area contributed by atoms with Gasteiger partial charge in [0.15, 0.2) is 0 Å². The fraction of sp³-hybridized carbons (Fsp3) is 0.105. The molecular formula is C19H13F3N4OS. The number of aromatic nitrogens is 3. The van der Waals surface area contributed by atoms with Crippen molar-refractivity contribution < 1.29 is 13.2 Å². The van der Waals surface area contributed by atoms with E-state index in [4.69, 9.17) is 5.41 Å². The van der Waals surface area contributed by atoms with E-state index in [1.165, 1.54) is 23.5 Å². The molecule has 9 heteroatoms. The zero-order valence-electron chi connectivity index (χ0n) is 14.5. The Morgan fingerprint density at radius 3 is 2.71 bits per heavy atom. The molecule has 0 saturated carbocycles. The van der Waals surface area contributed by atoms with Crippen LogP contribution < -0.4 is 5.56 Å². The van der Waals surface area contributed by atoms with Gasteiger partial charge in [0, 0.05) is 11.8 Å². The molecule has 0 spiro atoms. The Morgan fingerprint density at radius 1 is 1.21 bits per heavy atom. The highest BCUT2D eigenvalue weighted by Crippen LogP contribution is 2.32. The standard InChI is InChI=1S/C19H13F3N4OS/c1-10-5-6-14-15(7-10)28-18(24-14)26-17(27)13(9-23)16(25-26)11-3-2-4-12(8-11)19(20,21)22/h2-9,23,25H,1H3. The molecule has 2 aromatic heterocycles. The molecule has 0 amide bonds. The van der Waals surface area contributed by atoms with Crippen LogP contribution in [0.15, 0.2) is 47.3 Å². The number of fused-ring (bicyclic) bond motifs is 1. The van der Waals surface area contributed by atoms with E-state index >= 15 is 0 Å². The minimum absolute atomic E-state index is 0.0326. The second-order valence-corrected chi connectivity index (χ2v) is 7.24. The molecule has 0 fully saturated rings. The van der Waals surface area contributed by atoms with Crippen LogP contribution in [0.4, 0.5) is 13.2 Å². The van der Waals surface area contributed by atoms with Crippen LogP contribution in [-0.4, -0.2) is 21.0 Å². The zero-order chi connectivity index (χ0) is 20.1. The second kappa shape index (κ2) is 6.45. The molecule has 2 aromatic carbocycles. The summed E-state index contributed by atoms with van der Waals surface area (Å²) in [5.41, 5.74) is 0.663. The maximum absolute atomic E-state index is 13.0. The summed E-state index contributed by atoms with van der Waals surface area (Å²) in [4.78, 5) is 17.2. The first-order chi connectivity index (χ1) is 13.3. The summed E-state index contributed by atoms with van der Waals surface area (Å²) in [6.07, 6.45) is -3.67. The quantitative estimate of drug-likeness (QED) is 0.485. The van der Waals surface area contributed by atoms with Crippen molar-refractivity contribution in [3.8, 4) is 16.4 Å². The lowest BCUT2D eigenvalue weighted by molar-refractivity contribution is -0.137. The van der Waals surface area contributed by atoms with Gasteiger partial charge in [-0.1, -0.05) is 29.5 Å². The number of nitrogens with one attached hydrogen (secondary N) is 2. The maximum atomic E-state index is 13.0. The molecular weight excluding hydrogens is 389 g/mol. The summed E-state index contributed by atoms with van der Waals surface area (Å²) in [5.74, 6) is 0. The van der Waals surface area contributed by atoms with Gasteiger partial charge in [-0.05, 0) is 36.8 Å². The summed E-state index contributed by atoms with van der Waals surface area (Å²) < 4.78 is 41.2. The highest BCUT2D eigenvalue weighted by molar-refractivity contribution is 7.20. The molecule has 0 aliphatic heterocycles. The molecule has 28 heavy (non-hydrogen) atoms. The topological polar surface area (TPSA) is 74.5 Å². The van der Waals surface area contributed by atoms with E-state index in [9.17, 15) is 18.0 Å². The van der Waals surface area contributed by atoms with Crippen molar-refractivity contribution >= 4 is 27.8 Å². The molecule has 142 valence electrons. The molecule has 2 heterocycles. The van der Waals surface area contributed by atoms with E-state index < -0.39 is 17.3 Å². The first kappa shape index (κ1) is 18.2. The number of aromatic amines is 1. The van der Waals surface area contributed by atoms with Gasteiger partial charge in [0.1, 0.15) is 0 Å². The Bertz CT molecular complexity index is 1270. The van der Waals surface area contributed by atoms with Crippen molar-refractivity contribution in [1.82, 2.24) is 14.8 Å². The summed E-state index contributed by atoms with van der Waals surface area (Å²) in [6.45, 7) is 1.94. The Labute approximate surface area is 160 Å². The third-order valence-electron chi connectivity index (χ3n) is 4.27. The molecule has 0 aliphatic rings. The number of aryl methyl sites for hydroxylation is 1. The van der Waals surface area contributed by atoms with Crippen molar-refractivity contribution in [2.24, 2.45) is 0 Å². The lowest BCUT2D eigenvalue weighted by atomic mass is 10.1. The van der Waals surface area contributed by atoms with Crippen LogP contribution >= 0.6 is 11.3 Å². The van der Waals surface area contributed by atoms with Crippen LogP contribution in [0.1, 0.15) is 16.7 Å². The van der Waals surface area contributed by atoms with Gasteiger partial charge < -0.3 is 5.41 Å². The van der Waals surface area contributed by atoms with E-state index in [1.54, 1.807) is 0 Å². The number of thiazole rings is 1. The molecule has 4 rings (SSSR count). The molecule has 5 nitrogen and oxygen atoms in total. The first-order valence-corrected chi connectivity index (χ1v) is 9.00. The van der Waals surface area contributed by atoms with E-state index in [1.807, 2.05) is 25.1 Å². The molecule has 0 bridgehead atoms. The summed E-state index contributed by atoms with van der Waals surface area (Å²) in [6, 6.07) is 10.3. The third-order valence-corrected chi connectivity index (χ3v) is 5.28. The molecule has 0 aliphatic carbocycles. The van der Waals surface area contributed by atoms with Gasteiger partial charge in [0.2, 0.25) is 5.13 Å². The normalized spacial score (nSPS) is 11.9. The van der Waals surface area contributed by atoms with Crippen molar-refractivity contribution in [1.29, 1.82) is 5.41 Å². The van der Waals surface area contributed by atoms with Crippen molar-refractivity contribution in [3.05, 3.63) is 69.5 Å². The van der Waals surface area contributed by atoms with Crippen molar-refractivity contribution in [3.63, 3.8) is 0 Å². The Kier molecular flexibility index (Phi) is 4.19. The number of hydrogen-bond donors (Lipinski definition) is 2. The Morgan fingerprint density at radius 2 is 2.00 bits per heavy atom. The fourth-order valence-electron chi connectivity index (χ4n) is 2.91. The predicted octanol–water partition coefficient (Wildman–Crippen LogP) is 4.77. The largest absolute Gasteiger partial charge is 0.416 e. The maximum Gasteiger partial charge on any atom is 0.416 e. The van der Waals surface area contributed by atoms with Gasteiger partial charge in [0.25, 0.3) is 5.56 Å². The number of rotatable bonds is 3. The number of nitrogens with zero attached hydrogens (tertiary/aromatic N) is 2. The van der Waals surface area contributed by atoms with Gasteiger partial charge in [-0.2, -0.15) is 17.9 Å². The smallest absolute Gasteiger partial charge is 0.308 e. The predicted molar refractivity (Wildman–Crippen MR) is 103 cm³/mol. The number of benzene rings is 2. The molecule has 0 radical (unpaired) electrons. The lowest BCUT2D eigenvalue weighted by Crippen LogP contribution is -2.16. The minimum Gasteiger partial charge on any atom is -0.308 e. The zero-order valence-corrected chi connectivity index (χ0v) is 15.3.